The van der Waals surface area contributed by atoms with Crippen LogP contribution in [0.25, 0.3) is 0 Å². The first-order chi connectivity index (χ1) is 8.75. The highest BCUT2D eigenvalue weighted by molar-refractivity contribution is 5.83. The van der Waals surface area contributed by atoms with Crippen molar-refractivity contribution in [1.82, 2.24) is 4.90 Å². The van der Waals surface area contributed by atoms with Gasteiger partial charge in [-0.05, 0) is 18.4 Å². The number of Topliss-reactive ketones (excluding diaryl/α,β-unsaturated/α-hetero) is 1. The van der Waals surface area contributed by atoms with Gasteiger partial charge in [0, 0.05) is 32.4 Å². The molecule has 0 aliphatic carbocycles. The fourth-order valence-corrected chi connectivity index (χ4v) is 2.25. The van der Waals surface area contributed by atoms with Gasteiger partial charge in [-0.2, -0.15) is 0 Å². The minimum atomic E-state index is 0.193. The van der Waals surface area contributed by atoms with Gasteiger partial charge in [-0.3, -0.25) is 9.59 Å². The number of likely N-dealkylation sites (tertiary alicyclic amines) is 1. The maximum atomic E-state index is 11.9. The van der Waals surface area contributed by atoms with E-state index in [1.807, 2.05) is 23.1 Å². The van der Waals surface area contributed by atoms with E-state index in [1.54, 1.807) is 0 Å². The zero-order chi connectivity index (χ0) is 12.8. The first kappa shape index (κ1) is 12.8. The van der Waals surface area contributed by atoms with E-state index in [2.05, 4.69) is 12.1 Å². The summed E-state index contributed by atoms with van der Waals surface area (Å²) in [6, 6.07) is 10.2. The summed E-state index contributed by atoms with van der Waals surface area (Å²) in [6.07, 6.45) is 3.48. The van der Waals surface area contributed by atoms with Crippen molar-refractivity contribution in [3.63, 3.8) is 0 Å². The van der Waals surface area contributed by atoms with Gasteiger partial charge in [-0.15, -0.1) is 0 Å². The lowest BCUT2D eigenvalue weighted by molar-refractivity contribution is -0.134. The van der Waals surface area contributed by atoms with Gasteiger partial charge in [0.05, 0.1) is 0 Å². The molecule has 0 saturated carbocycles. The molecule has 1 aromatic carbocycles. The second-order valence-electron chi connectivity index (χ2n) is 4.76. The molecule has 1 fully saturated rings. The summed E-state index contributed by atoms with van der Waals surface area (Å²) in [5.74, 6) is 0.474. The van der Waals surface area contributed by atoms with E-state index in [0.717, 1.165) is 12.8 Å². The van der Waals surface area contributed by atoms with Crippen LogP contribution >= 0.6 is 0 Å². The van der Waals surface area contributed by atoms with Gasteiger partial charge in [0.1, 0.15) is 5.78 Å². The lowest BCUT2D eigenvalue weighted by Crippen LogP contribution is -2.38. The van der Waals surface area contributed by atoms with Gasteiger partial charge >= 0.3 is 0 Å². The van der Waals surface area contributed by atoms with Crippen LogP contribution in [-0.2, 0) is 16.0 Å². The highest BCUT2D eigenvalue weighted by Gasteiger charge is 2.19. The van der Waals surface area contributed by atoms with E-state index < -0.39 is 0 Å². The Morgan fingerprint density at radius 2 is 1.78 bits per heavy atom. The van der Waals surface area contributed by atoms with Crippen LogP contribution in [0.15, 0.2) is 30.3 Å². The number of rotatable bonds is 4. The average Bonchev–Trinajstić information content (AvgIpc) is 2.40. The number of nitrogens with zero attached hydrogens (tertiary/aromatic N) is 1. The number of aryl methyl sites for hydroxylation is 1. The number of piperidine rings is 1. The molecule has 1 aromatic rings. The number of hydrogen-bond acceptors (Lipinski definition) is 2. The molecule has 0 bridgehead atoms. The molecule has 3 nitrogen and oxygen atoms in total. The Balaban J connectivity index is 1.70. The van der Waals surface area contributed by atoms with Crippen LogP contribution in [0, 0.1) is 0 Å². The van der Waals surface area contributed by atoms with Crippen LogP contribution in [0.1, 0.15) is 31.2 Å². The molecular formula is C15H19NO2. The largest absolute Gasteiger partial charge is 0.342 e. The maximum absolute atomic E-state index is 11.9. The van der Waals surface area contributed by atoms with E-state index in [9.17, 15) is 9.59 Å². The lowest BCUT2D eigenvalue weighted by atomic mass is 10.1. The normalized spacial score (nSPS) is 15.8. The lowest BCUT2D eigenvalue weighted by Gasteiger charge is -2.26. The van der Waals surface area contributed by atoms with Gasteiger partial charge in [0.2, 0.25) is 5.91 Å². The average molecular weight is 245 g/mol. The van der Waals surface area contributed by atoms with E-state index in [0.29, 0.717) is 32.4 Å². The summed E-state index contributed by atoms with van der Waals surface area (Å²) in [4.78, 5) is 24.8. The molecule has 0 unspecified atom stereocenters. The van der Waals surface area contributed by atoms with Crippen LogP contribution in [0.3, 0.4) is 0 Å². The highest BCUT2D eigenvalue weighted by atomic mass is 16.2. The SMILES string of the molecule is O=C1CCN(C(=O)CCCc2ccccc2)CC1. The first-order valence-electron chi connectivity index (χ1n) is 6.59. The van der Waals surface area contributed by atoms with Crippen molar-refractivity contribution >= 4 is 11.7 Å². The molecule has 1 amide bonds. The van der Waals surface area contributed by atoms with Crippen LogP contribution in [0.4, 0.5) is 0 Å². The summed E-state index contributed by atoms with van der Waals surface area (Å²) in [6.45, 7) is 1.23. The molecule has 0 N–H and O–H groups in total. The number of hydrogen-bond donors (Lipinski definition) is 0. The summed E-state index contributed by atoms with van der Waals surface area (Å²) in [5, 5.41) is 0. The second kappa shape index (κ2) is 6.34. The minimum Gasteiger partial charge on any atom is -0.342 e. The van der Waals surface area contributed by atoms with Gasteiger partial charge in [0.15, 0.2) is 0 Å². The summed E-state index contributed by atoms with van der Waals surface area (Å²) in [7, 11) is 0. The molecule has 1 aliphatic rings. The smallest absolute Gasteiger partial charge is 0.222 e. The zero-order valence-electron chi connectivity index (χ0n) is 10.6. The van der Waals surface area contributed by atoms with E-state index >= 15 is 0 Å². The molecule has 0 radical (unpaired) electrons. The molecule has 0 aromatic heterocycles. The fourth-order valence-electron chi connectivity index (χ4n) is 2.25. The summed E-state index contributed by atoms with van der Waals surface area (Å²) in [5.41, 5.74) is 1.28. The predicted molar refractivity (Wildman–Crippen MR) is 70.2 cm³/mol. The van der Waals surface area contributed by atoms with Gasteiger partial charge in [-0.1, -0.05) is 30.3 Å². The molecule has 1 aliphatic heterocycles. The minimum absolute atomic E-state index is 0.193. The summed E-state index contributed by atoms with van der Waals surface area (Å²) < 4.78 is 0. The Labute approximate surface area is 108 Å². The van der Waals surface area contributed by atoms with Crippen LogP contribution in [0.5, 0.6) is 0 Å². The Kier molecular flexibility index (Phi) is 4.51. The van der Waals surface area contributed by atoms with Crippen molar-refractivity contribution in [1.29, 1.82) is 0 Å². The van der Waals surface area contributed by atoms with E-state index in [-0.39, 0.29) is 11.7 Å². The number of amides is 1. The van der Waals surface area contributed by atoms with E-state index in [4.69, 9.17) is 0 Å². The van der Waals surface area contributed by atoms with Crippen molar-refractivity contribution in [3.05, 3.63) is 35.9 Å². The van der Waals surface area contributed by atoms with E-state index in [1.165, 1.54) is 5.56 Å². The Bertz CT molecular complexity index is 404. The standard InChI is InChI=1S/C15H19NO2/c17-14-9-11-16(12-10-14)15(18)8-4-7-13-5-2-1-3-6-13/h1-3,5-6H,4,7-12H2. The van der Waals surface area contributed by atoms with Crippen molar-refractivity contribution in [2.24, 2.45) is 0 Å². The number of carbonyl (C=O) groups is 2. The molecule has 1 heterocycles. The van der Waals surface area contributed by atoms with Crippen molar-refractivity contribution in [2.75, 3.05) is 13.1 Å². The predicted octanol–water partition coefficient (Wildman–Crippen LogP) is 2.20. The number of carbonyl (C=O) groups excluding carboxylic acids is 2. The number of ketones is 1. The number of benzene rings is 1. The first-order valence-corrected chi connectivity index (χ1v) is 6.59. The van der Waals surface area contributed by atoms with Crippen LogP contribution in [0.2, 0.25) is 0 Å². The molecule has 1 saturated heterocycles. The third-order valence-electron chi connectivity index (χ3n) is 3.37. The van der Waals surface area contributed by atoms with Gasteiger partial charge in [0.25, 0.3) is 0 Å². The van der Waals surface area contributed by atoms with Crippen LogP contribution < -0.4 is 0 Å². The molecular weight excluding hydrogens is 226 g/mol. The maximum Gasteiger partial charge on any atom is 0.222 e. The quantitative estimate of drug-likeness (QED) is 0.815. The molecule has 2 rings (SSSR count). The molecule has 0 atom stereocenters. The Morgan fingerprint density at radius 1 is 1.11 bits per heavy atom. The van der Waals surface area contributed by atoms with Gasteiger partial charge in [-0.25, -0.2) is 0 Å². The molecule has 96 valence electrons. The van der Waals surface area contributed by atoms with Crippen molar-refractivity contribution < 1.29 is 9.59 Å². The Morgan fingerprint density at radius 3 is 2.44 bits per heavy atom. The third-order valence-corrected chi connectivity index (χ3v) is 3.37. The summed E-state index contributed by atoms with van der Waals surface area (Å²) >= 11 is 0. The molecule has 0 spiro atoms. The highest BCUT2D eigenvalue weighted by Crippen LogP contribution is 2.10. The molecule has 18 heavy (non-hydrogen) atoms. The second-order valence-corrected chi connectivity index (χ2v) is 4.76. The zero-order valence-corrected chi connectivity index (χ0v) is 10.6. The van der Waals surface area contributed by atoms with Gasteiger partial charge < -0.3 is 4.90 Å². The van der Waals surface area contributed by atoms with Crippen molar-refractivity contribution in [2.45, 2.75) is 32.1 Å². The van der Waals surface area contributed by atoms with Crippen molar-refractivity contribution in [3.8, 4) is 0 Å². The topological polar surface area (TPSA) is 37.4 Å². The fraction of sp³-hybridized carbons (Fsp3) is 0.467. The van der Waals surface area contributed by atoms with Crippen LogP contribution in [-0.4, -0.2) is 29.7 Å². The molecule has 3 heteroatoms. The monoisotopic (exact) mass is 245 g/mol. The Hall–Kier alpha value is -1.64. The third kappa shape index (κ3) is 3.69.